The molecule has 6 heteroatoms. The maximum absolute atomic E-state index is 9.40. The summed E-state index contributed by atoms with van der Waals surface area (Å²) in [6.07, 6.45) is 6.24. The molecule has 0 unspecified atom stereocenters. The van der Waals surface area contributed by atoms with Crippen LogP contribution in [0.4, 0.5) is 5.82 Å². The molecule has 2 aromatic heterocycles. The number of nitriles is 1. The molecule has 0 spiro atoms. The van der Waals surface area contributed by atoms with Crippen LogP contribution >= 0.6 is 0 Å². The van der Waals surface area contributed by atoms with Crippen molar-refractivity contribution in [2.45, 2.75) is 33.1 Å². The molecule has 0 saturated carbocycles. The van der Waals surface area contributed by atoms with E-state index in [0.29, 0.717) is 17.9 Å². The van der Waals surface area contributed by atoms with Crippen LogP contribution in [-0.2, 0) is 26.3 Å². The van der Waals surface area contributed by atoms with Crippen LogP contribution in [0.5, 0.6) is 0 Å². The fraction of sp³-hybridized carbons (Fsp3) is 0.467. The van der Waals surface area contributed by atoms with Crippen molar-refractivity contribution in [1.29, 1.82) is 5.26 Å². The first kappa shape index (κ1) is 15.0. The van der Waals surface area contributed by atoms with Crippen molar-refractivity contribution in [2.75, 3.05) is 11.9 Å². The lowest BCUT2D eigenvalue weighted by molar-refractivity contribution is 0.766. The summed E-state index contributed by atoms with van der Waals surface area (Å²) in [4.78, 5) is 0. The van der Waals surface area contributed by atoms with Crippen LogP contribution in [0.1, 0.15) is 36.2 Å². The summed E-state index contributed by atoms with van der Waals surface area (Å²) < 4.78 is 1.78. The standard InChI is InChI=1S/C15H20N6/c1-4-12-13(8-16)15(20-19-14(12)5-2)17-7-6-11-9-18-21(3)10-11/h9-10H,4-7H2,1-3H3,(H,17,20). The Bertz CT molecular complexity index is 653. The maximum atomic E-state index is 9.40. The van der Waals surface area contributed by atoms with Gasteiger partial charge in [-0.1, -0.05) is 13.8 Å². The van der Waals surface area contributed by atoms with Gasteiger partial charge in [-0.3, -0.25) is 4.68 Å². The van der Waals surface area contributed by atoms with Crippen LogP contribution in [-0.4, -0.2) is 26.5 Å². The zero-order valence-corrected chi connectivity index (χ0v) is 12.7. The van der Waals surface area contributed by atoms with Gasteiger partial charge < -0.3 is 5.32 Å². The molecular formula is C15H20N6. The molecule has 0 saturated heterocycles. The first-order valence-corrected chi connectivity index (χ1v) is 7.19. The van der Waals surface area contributed by atoms with Crippen molar-refractivity contribution in [3.05, 3.63) is 34.8 Å². The molecule has 0 radical (unpaired) electrons. The molecule has 110 valence electrons. The molecule has 0 amide bonds. The number of hydrogen-bond acceptors (Lipinski definition) is 5. The van der Waals surface area contributed by atoms with Crippen molar-refractivity contribution in [3.8, 4) is 6.07 Å². The fourth-order valence-corrected chi connectivity index (χ4v) is 2.34. The van der Waals surface area contributed by atoms with E-state index in [1.165, 1.54) is 0 Å². The van der Waals surface area contributed by atoms with Gasteiger partial charge in [0, 0.05) is 19.8 Å². The Morgan fingerprint density at radius 1 is 1.29 bits per heavy atom. The van der Waals surface area contributed by atoms with E-state index in [-0.39, 0.29) is 0 Å². The fourth-order valence-electron chi connectivity index (χ4n) is 2.34. The third-order valence-electron chi connectivity index (χ3n) is 3.42. The minimum Gasteiger partial charge on any atom is -0.367 e. The topological polar surface area (TPSA) is 79.4 Å². The van der Waals surface area contributed by atoms with Crippen LogP contribution in [0.25, 0.3) is 0 Å². The van der Waals surface area contributed by atoms with Gasteiger partial charge in [-0.2, -0.15) is 15.5 Å². The minimum absolute atomic E-state index is 0.579. The maximum Gasteiger partial charge on any atom is 0.166 e. The molecule has 1 N–H and O–H groups in total. The lowest BCUT2D eigenvalue weighted by Crippen LogP contribution is -2.12. The Morgan fingerprint density at radius 2 is 2.10 bits per heavy atom. The van der Waals surface area contributed by atoms with Gasteiger partial charge in [0.25, 0.3) is 0 Å². The highest BCUT2D eigenvalue weighted by Crippen LogP contribution is 2.19. The lowest BCUT2D eigenvalue weighted by atomic mass is 10.0. The Kier molecular flexibility index (Phi) is 4.88. The van der Waals surface area contributed by atoms with Crippen molar-refractivity contribution < 1.29 is 0 Å². The lowest BCUT2D eigenvalue weighted by Gasteiger charge is -2.11. The predicted molar refractivity (Wildman–Crippen MR) is 80.9 cm³/mol. The van der Waals surface area contributed by atoms with E-state index in [9.17, 15) is 5.26 Å². The normalized spacial score (nSPS) is 10.4. The Balaban J connectivity index is 2.11. The highest BCUT2D eigenvalue weighted by Gasteiger charge is 2.13. The number of rotatable bonds is 6. The van der Waals surface area contributed by atoms with Gasteiger partial charge in [-0.15, -0.1) is 5.10 Å². The summed E-state index contributed by atoms with van der Waals surface area (Å²) in [6, 6.07) is 2.26. The first-order valence-electron chi connectivity index (χ1n) is 7.19. The molecule has 0 aliphatic carbocycles. The van der Waals surface area contributed by atoms with Crippen LogP contribution in [0.3, 0.4) is 0 Å². The first-order chi connectivity index (χ1) is 10.2. The average molecular weight is 284 g/mol. The molecule has 0 aliphatic heterocycles. The summed E-state index contributed by atoms with van der Waals surface area (Å²) in [5, 5.41) is 25.1. The van der Waals surface area contributed by atoms with Crippen molar-refractivity contribution in [2.24, 2.45) is 7.05 Å². The van der Waals surface area contributed by atoms with Gasteiger partial charge in [0.15, 0.2) is 5.82 Å². The van der Waals surface area contributed by atoms with Gasteiger partial charge in [-0.05, 0) is 30.4 Å². The molecule has 2 heterocycles. The second-order valence-electron chi connectivity index (χ2n) is 4.87. The SMILES string of the molecule is CCc1nnc(NCCc2cnn(C)c2)c(C#N)c1CC. The van der Waals surface area contributed by atoms with Gasteiger partial charge in [0.1, 0.15) is 11.6 Å². The molecule has 2 rings (SSSR count). The summed E-state index contributed by atoms with van der Waals surface area (Å²) in [5.41, 5.74) is 3.68. The van der Waals surface area contributed by atoms with Crippen LogP contribution in [0, 0.1) is 11.3 Å². The van der Waals surface area contributed by atoms with Crippen LogP contribution in [0.15, 0.2) is 12.4 Å². The van der Waals surface area contributed by atoms with Gasteiger partial charge in [0.2, 0.25) is 0 Å². The molecule has 21 heavy (non-hydrogen) atoms. The summed E-state index contributed by atoms with van der Waals surface area (Å²) >= 11 is 0. The number of anilines is 1. The minimum atomic E-state index is 0.579. The second-order valence-corrected chi connectivity index (χ2v) is 4.87. The second kappa shape index (κ2) is 6.84. The quantitative estimate of drug-likeness (QED) is 0.876. The number of hydrogen-bond donors (Lipinski definition) is 1. The molecule has 0 atom stereocenters. The van der Waals surface area contributed by atoms with E-state index in [2.05, 4.69) is 26.7 Å². The van der Waals surface area contributed by atoms with Crippen molar-refractivity contribution >= 4 is 5.82 Å². The zero-order chi connectivity index (χ0) is 15.2. The van der Waals surface area contributed by atoms with Gasteiger partial charge >= 0.3 is 0 Å². The van der Waals surface area contributed by atoms with E-state index in [4.69, 9.17) is 0 Å². The van der Waals surface area contributed by atoms with Crippen LogP contribution in [0.2, 0.25) is 0 Å². The molecule has 0 aromatic carbocycles. The monoisotopic (exact) mass is 284 g/mol. The number of nitrogens with zero attached hydrogens (tertiary/aromatic N) is 5. The third kappa shape index (κ3) is 3.37. The zero-order valence-electron chi connectivity index (χ0n) is 12.7. The van der Waals surface area contributed by atoms with Crippen LogP contribution < -0.4 is 5.32 Å². The van der Waals surface area contributed by atoms with Gasteiger partial charge in [-0.25, -0.2) is 0 Å². The van der Waals surface area contributed by atoms with E-state index >= 15 is 0 Å². The van der Waals surface area contributed by atoms with E-state index in [1.54, 1.807) is 4.68 Å². The Labute approximate surface area is 124 Å². The molecule has 0 fully saturated rings. The van der Waals surface area contributed by atoms with Crippen molar-refractivity contribution in [1.82, 2.24) is 20.0 Å². The highest BCUT2D eigenvalue weighted by molar-refractivity contribution is 5.56. The molecule has 2 aromatic rings. The smallest absolute Gasteiger partial charge is 0.166 e. The van der Waals surface area contributed by atoms with E-state index < -0.39 is 0 Å². The number of aromatic nitrogens is 4. The largest absolute Gasteiger partial charge is 0.367 e. The number of nitrogens with one attached hydrogen (secondary N) is 1. The summed E-state index contributed by atoms with van der Waals surface area (Å²) in [7, 11) is 1.90. The highest BCUT2D eigenvalue weighted by atomic mass is 15.2. The number of aryl methyl sites for hydroxylation is 2. The van der Waals surface area contributed by atoms with Crippen molar-refractivity contribution in [3.63, 3.8) is 0 Å². The molecule has 0 aliphatic rings. The molecule has 6 nitrogen and oxygen atoms in total. The summed E-state index contributed by atoms with van der Waals surface area (Å²) in [5.74, 6) is 0.579. The van der Waals surface area contributed by atoms with Gasteiger partial charge in [0.05, 0.1) is 11.9 Å². The Hall–Kier alpha value is -2.42. The molecule has 0 bridgehead atoms. The van der Waals surface area contributed by atoms with E-state index in [1.807, 2.05) is 33.3 Å². The average Bonchev–Trinajstić information content (AvgIpc) is 2.91. The van der Waals surface area contributed by atoms with E-state index in [0.717, 1.165) is 36.1 Å². The Morgan fingerprint density at radius 3 is 2.67 bits per heavy atom. The molecular weight excluding hydrogens is 264 g/mol. The third-order valence-corrected chi connectivity index (χ3v) is 3.42. The summed E-state index contributed by atoms with van der Waals surface area (Å²) in [6.45, 7) is 4.76. The predicted octanol–water partition coefficient (Wildman–Crippen LogP) is 1.86.